The molecule has 1 fully saturated rings. The lowest BCUT2D eigenvalue weighted by Gasteiger charge is -2.38. The molecular weight excluding hydrogens is 290 g/mol. The van der Waals surface area contributed by atoms with Crippen LogP contribution in [0.15, 0.2) is 6.07 Å². The van der Waals surface area contributed by atoms with Crippen molar-refractivity contribution in [2.75, 3.05) is 0 Å². The van der Waals surface area contributed by atoms with Crippen LogP contribution < -0.4 is 5.73 Å². The molecule has 2 aliphatic carbocycles. The largest absolute Gasteiger partial charge is 0.507 e. The summed E-state index contributed by atoms with van der Waals surface area (Å²) in [5, 5.41) is 10.6. The number of carbonyl (C=O) groups is 1. The van der Waals surface area contributed by atoms with E-state index in [0.717, 1.165) is 36.0 Å². The standard InChI is InChI=1S/C19H27NO3/c1-11-9-12(2)18(22)17-15(11)10-16(14-7-5-4-6-8-14)19(17,20)23-13(3)21/h9,14,16,22H,4-8,10,20H2,1-3H3. The quantitative estimate of drug-likeness (QED) is 0.647. The molecule has 0 spiro atoms. The molecule has 4 nitrogen and oxygen atoms in total. The highest BCUT2D eigenvalue weighted by Gasteiger charge is 2.52. The van der Waals surface area contributed by atoms with Crippen LogP contribution in [0.25, 0.3) is 0 Å². The lowest BCUT2D eigenvalue weighted by atomic mass is 9.75. The molecule has 1 aromatic rings. The Morgan fingerprint density at radius 1 is 1.26 bits per heavy atom. The minimum absolute atomic E-state index is 0.0492. The van der Waals surface area contributed by atoms with Crippen molar-refractivity contribution in [3.05, 3.63) is 28.3 Å². The van der Waals surface area contributed by atoms with Gasteiger partial charge in [-0.1, -0.05) is 25.3 Å². The second-order valence-corrected chi connectivity index (χ2v) is 7.31. The summed E-state index contributed by atoms with van der Waals surface area (Å²) in [6, 6.07) is 1.99. The van der Waals surface area contributed by atoms with Crippen molar-refractivity contribution in [1.82, 2.24) is 0 Å². The fourth-order valence-electron chi connectivity index (χ4n) is 4.68. The van der Waals surface area contributed by atoms with Gasteiger partial charge in [0.2, 0.25) is 0 Å². The predicted molar refractivity (Wildman–Crippen MR) is 89.0 cm³/mol. The third kappa shape index (κ3) is 2.63. The van der Waals surface area contributed by atoms with E-state index in [-0.39, 0.29) is 17.6 Å². The van der Waals surface area contributed by atoms with Crippen LogP contribution in [0.4, 0.5) is 0 Å². The molecule has 4 heteroatoms. The number of phenols is 1. The number of hydrogen-bond donors (Lipinski definition) is 2. The molecule has 0 aromatic heterocycles. The van der Waals surface area contributed by atoms with Gasteiger partial charge >= 0.3 is 5.97 Å². The molecule has 2 atom stereocenters. The van der Waals surface area contributed by atoms with Crippen LogP contribution in [0.5, 0.6) is 5.75 Å². The van der Waals surface area contributed by atoms with Crippen molar-refractivity contribution in [3.63, 3.8) is 0 Å². The van der Waals surface area contributed by atoms with Crippen LogP contribution in [0.3, 0.4) is 0 Å². The first-order valence-corrected chi connectivity index (χ1v) is 8.65. The van der Waals surface area contributed by atoms with Gasteiger partial charge in [-0.25, -0.2) is 0 Å². The molecule has 23 heavy (non-hydrogen) atoms. The Kier molecular flexibility index (Phi) is 4.13. The number of fused-ring (bicyclic) bond motifs is 1. The van der Waals surface area contributed by atoms with Gasteiger partial charge in [-0.2, -0.15) is 0 Å². The number of phenolic OH excluding ortho intramolecular Hbond substituents is 1. The minimum atomic E-state index is -1.20. The highest BCUT2D eigenvalue weighted by molar-refractivity contribution is 5.68. The summed E-state index contributed by atoms with van der Waals surface area (Å²) in [5.74, 6) is 0.292. The maximum absolute atomic E-state index is 11.7. The second kappa shape index (κ2) is 5.82. The van der Waals surface area contributed by atoms with Gasteiger partial charge in [0.15, 0.2) is 5.72 Å². The lowest BCUT2D eigenvalue weighted by molar-refractivity contribution is -0.166. The summed E-state index contributed by atoms with van der Waals surface area (Å²) in [6.45, 7) is 5.30. The number of carbonyl (C=O) groups excluding carboxylic acids is 1. The molecule has 0 radical (unpaired) electrons. The van der Waals surface area contributed by atoms with Crippen LogP contribution >= 0.6 is 0 Å². The number of esters is 1. The van der Waals surface area contributed by atoms with Gasteiger partial charge in [0.25, 0.3) is 0 Å². The third-order valence-electron chi connectivity index (χ3n) is 5.72. The summed E-state index contributed by atoms with van der Waals surface area (Å²) in [7, 11) is 0. The second-order valence-electron chi connectivity index (χ2n) is 7.31. The van der Waals surface area contributed by atoms with E-state index in [1.807, 2.05) is 19.9 Å². The number of ether oxygens (including phenoxy) is 1. The minimum Gasteiger partial charge on any atom is -0.507 e. The van der Waals surface area contributed by atoms with E-state index in [4.69, 9.17) is 10.5 Å². The number of benzene rings is 1. The van der Waals surface area contributed by atoms with Crippen molar-refractivity contribution in [2.24, 2.45) is 17.6 Å². The van der Waals surface area contributed by atoms with Crippen molar-refractivity contribution in [3.8, 4) is 5.75 Å². The molecule has 0 heterocycles. The van der Waals surface area contributed by atoms with Crippen molar-refractivity contribution in [1.29, 1.82) is 0 Å². The SMILES string of the molecule is CC(=O)OC1(N)c2c(O)c(C)cc(C)c2CC1C1CCCCC1. The van der Waals surface area contributed by atoms with Gasteiger partial charge in [-0.05, 0) is 55.7 Å². The molecule has 3 N–H and O–H groups in total. The Morgan fingerprint density at radius 2 is 1.91 bits per heavy atom. The van der Waals surface area contributed by atoms with Crippen LogP contribution in [0, 0.1) is 25.7 Å². The van der Waals surface area contributed by atoms with Crippen molar-refractivity contribution >= 4 is 5.97 Å². The van der Waals surface area contributed by atoms with Crippen molar-refractivity contribution < 1.29 is 14.6 Å². The third-order valence-corrected chi connectivity index (χ3v) is 5.72. The van der Waals surface area contributed by atoms with Gasteiger partial charge in [-0.15, -0.1) is 0 Å². The van der Waals surface area contributed by atoms with Gasteiger partial charge in [0.1, 0.15) is 5.75 Å². The summed E-state index contributed by atoms with van der Waals surface area (Å²) >= 11 is 0. The highest BCUT2D eigenvalue weighted by Crippen LogP contribution is 2.52. The summed E-state index contributed by atoms with van der Waals surface area (Å²) in [4.78, 5) is 11.7. The Bertz CT molecular complexity index is 634. The Balaban J connectivity index is 2.11. The normalized spacial score (nSPS) is 27.7. The number of hydrogen-bond acceptors (Lipinski definition) is 4. The van der Waals surface area contributed by atoms with E-state index in [9.17, 15) is 9.90 Å². The number of aromatic hydroxyl groups is 1. The zero-order valence-corrected chi connectivity index (χ0v) is 14.3. The first-order valence-electron chi connectivity index (χ1n) is 8.65. The lowest BCUT2D eigenvalue weighted by Crippen LogP contribution is -2.48. The van der Waals surface area contributed by atoms with Crippen LogP contribution in [0.2, 0.25) is 0 Å². The fourth-order valence-corrected chi connectivity index (χ4v) is 4.68. The molecule has 0 amide bonds. The summed E-state index contributed by atoms with van der Waals surface area (Å²) < 4.78 is 5.66. The predicted octanol–water partition coefficient (Wildman–Crippen LogP) is 3.44. The average Bonchev–Trinajstić information content (AvgIpc) is 2.79. The Morgan fingerprint density at radius 3 is 2.52 bits per heavy atom. The van der Waals surface area contributed by atoms with Crippen LogP contribution in [-0.4, -0.2) is 11.1 Å². The first kappa shape index (κ1) is 16.3. The van der Waals surface area contributed by atoms with Gasteiger partial charge in [0, 0.05) is 12.8 Å². The monoisotopic (exact) mass is 317 g/mol. The molecule has 0 saturated heterocycles. The van der Waals surface area contributed by atoms with Crippen molar-refractivity contribution in [2.45, 2.75) is 65.0 Å². The molecular formula is C19H27NO3. The Hall–Kier alpha value is -1.55. The van der Waals surface area contributed by atoms with Gasteiger partial charge in [0.05, 0.1) is 5.56 Å². The first-order chi connectivity index (χ1) is 10.8. The van der Waals surface area contributed by atoms with E-state index in [2.05, 4.69) is 0 Å². The summed E-state index contributed by atoms with van der Waals surface area (Å²) in [6.07, 6.45) is 6.71. The number of aryl methyl sites for hydroxylation is 2. The van der Waals surface area contributed by atoms with E-state index >= 15 is 0 Å². The van der Waals surface area contributed by atoms with E-state index < -0.39 is 5.72 Å². The Labute approximate surface area is 138 Å². The molecule has 2 unspecified atom stereocenters. The van der Waals surface area contributed by atoms with Crippen LogP contribution in [0.1, 0.15) is 61.3 Å². The number of nitrogens with two attached hydrogens (primary N) is 1. The molecule has 2 aliphatic rings. The molecule has 0 bridgehead atoms. The molecule has 1 saturated carbocycles. The van der Waals surface area contributed by atoms with E-state index in [0.29, 0.717) is 11.5 Å². The van der Waals surface area contributed by atoms with Crippen LogP contribution in [-0.2, 0) is 21.7 Å². The summed E-state index contributed by atoms with van der Waals surface area (Å²) in [5.41, 5.74) is 9.09. The number of rotatable bonds is 2. The van der Waals surface area contributed by atoms with Gasteiger partial charge in [-0.3, -0.25) is 10.5 Å². The molecule has 1 aromatic carbocycles. The molecule has 3 rings (SSSR count). The topological polar surface area (TPSA) is 72.5 Å². The van der Waals surface area contributed by atoms with E-state index in [1.165, 1.54) is 26.2 Å². The zero-order valence-electron chi connectivity index (χ0n) is 14.3. The fraction of sp³-hybridized carbons (Fsp3) is 0.632. The molecule has 126 valence electrons. The van der Waals surface area contributed by atoms with Gasteiger partial charge < -0.3 is 9.84 Å². The molecule has 0 aliphatic heterocycles. The smallest absolute Gasteiger partial charge is 0.304 e. The average molecular weight is 317 g/mol. The van der Waals surface area contributed by atoms with E-state index in [1.54, 1.807) is 0 Å². The maximum Gasteiger partial charge on any atom is 0.304 e. The highest BCUT2D eigenvalue weighted by atomic mass is 16.6. The zero-order chi connectivity index (χ0) is 16.8. The maximum atomic E-state index is 11.7.